The molecule has 0 aliphatic carbocycles. The van der Waals surface area contributed by atoms with Gasteiger partial charge in [-0.15, -0.1) is 0 Å². The summed E-state index contributed by atoms with van der Waals surface area (Å²) in [6, 6.07) is 20.5. The van der Waals surface area contributed by atoms with E-state index in [1.165, 1.54) is 12.1 Å². The van der Waals surface area contributed by atoms with Crippen LogP contribution in [0.3, 0.4) is 0 Å². The first-order valence-corrected chi connectivity index (χ1v) is 9.99. The zero-order chi connectivity index (χ0) is 22.7. The number of para-hydroxylation sites is 2. The summed E-state index contributed by atoms with van der Waals surface area (Å²) in [6.07, 6.45) is 0. The van der Waals surface area contributed by atoms with Crippen molar-refractivity contribution >= 4 is 34.8 Å². The summed E-state index contributed by atoms with van der Waals surface area (Å²) in [5.41, 5.74) is 8.17. The van der Waals surface area contributed by atoms with E-state index in [0.717, 1.165) is 5.69 Å². The van der Waals surface area contributed by atoms with E-state index < -0.39 is 17.7 Å². The first kappa shape index (κ1) is 20.9. The summed E-state index contributed by atoms with van der Waals surface area (Å²) in [5, 5.41) is 3.16. The van der Waals surface area contributed by atoms with Gasteiger partial charge in [0.15, 0.2) is 5.75 Å². The van der Waals surface area contributed by atoms with Crippen molar-refractivity contribution in [3.63, 3.8) is 0 Å². The molecule has 0 amide bonds. The molecule has 0 atom stereocenters. The summed E-state index contributed by atoms with van der Waals surface area (Å²) in [6.45, 7) is 1.97. The quantitative estimate of drug-likeness (QED) is 0.273. The van der Waals surface area contributed by atoms with E-state index in [1.54, 1.807) is 37.3 Å². The fraction of sp³-hybridized carbons (Fsp3) is 0.0800. The van der Waals surface area contributed by atoms with Crippen molar-refractivity contribution in [1.82, 2.24) is 0 Å². The Kier molecular flexibility index (Phi) is 5.72. The van der Waals surface area contributed by atoms with Crippen molar-refractivity contribution in [3.05, 3.63) is 95.1 Å². The van der Waals surface area contributed by atoms with Gasteiger partial charge in [0.1, 0.15) is 5.57 Å². The Balaban J connectivity index is 1.68. The minimum atomic E-state index is -0.836. The van der Waals surface area contributed by atoms with Crippen LogP contribution in [0, 0.1) is 0 Å². The molecule has 0 saturated carbocycles. The van der Waals surface area contributed by atoms with Gasteiger partial charge in [0, 0.05) is 5.69 Å². The number of ether oxygens (including phenoxy) is 2. The second kappa shape index (κ2) is 8.77. The molecule has 0 unspecified atom stereocenters. The first-order chi connectivity index (χ1) is 15.5. The van der Waals surface area contributed by atoms with Crippen molar-refractivity contribution in [3.8, 4) is 5.75 Å². The van der Waals surface area contributed by atoms with Crippen molar-refractivity contribution in [2.45, 2.75) is 6.92 Å². The van der Waals surface area contributed by atoms with E-state index in [-0.39, 0.29) is 29.2 Å². The summed E-state index contributed by atoms with van der Waals surface area (Å²) in [7, 11) is 0. The summed E-state index contributed by atoms with van der Waals surface area (Å²) < 4.78 is 10.5. The lowest BCUT2D eigenvalue weighted by Crippen LogP contribution is -2.28. The van der Waals surface area contributed by atoms with Crippen molar-refractivity contribution in [1.29, 1.82) is 0 Å². The van der Waals surface area contributed by atoms with Crippen LogP contribution in [-0.4, -0.2) is 24.3 Å². The lowest BCUT2D eigenvalue weighted by atomic mass is 9.95. The number of hydrogen-bond acceptors (Lipinski definition) is 7. The highest BCUT2D eigenvalue weighted by molar-refractivity contribution is 6.32. The number of nitrogens with two attached hydrogens (primary N) is 1. The molecule has 0 radical (unpaired) electrons. The maximum Gasteiger partial charge on any atom is 0.349 e. The van der Waals surface area contributed by atoms with Gasteiger partial charge in [0.2, 0.25) is 5.78 Å². The maximum atomic E-state index is 13.2. The monoisotopic (exact) mass is 428 g/mol. The van der Waals surface area contributed by atoms with E-state index in [0.29, 0.717) is 16.8 Å². The topological polar surface area (TPSA) is 108 Å². The zero-order valence-corrected chi connectivity index (χ0v) is 17.3. The Hall–Kier alpha value is -4.39. The smallest absolute Gasteiger partial charge is 0.349 e. The Labute approximate surface area is 184 Å². The van der Waals surface area contributed by atoms with E-state index in [9.17, 15) is 14.4 Å². The number of Topliss-reactive ketones (excluding diaryl/α,β-unsaturated/α-hetero) is 1. The van der Waals surface area contributed by atoms with Gasteiger partial charge in [-0.05, 0) is 48.9 Å². The number of esters is 2. The average Bonchev–Trinajstić information content (AvgIpc) is 2.80. The molecule has 0 saturated heterocycles. The third-order valence-electron chi connectivity index (χ3n) is 4.91. The van der Waals surface area contributed by atoms with Gasteiger partial charge < -0.3 is 20.5 Å². The molecule has 0 aromatic heterocycles. The van der Waals surface area contributed by atoms with Gasteiger partial charge in [-0.1, -0.05) is 36.4 Å². The number of hydrogen-bond donors (Lipinski definition) is 2. The van der Waals surface area contributed by atoms with Crippen LogP contribution in [0.2, 0.25) is 0 Å². The molecule has 4 rings (SSSR count). The van der Waals surface area contributed by atoms with E-state index in [1.807, 2.05) is 30.3 Å². The standard InChI is InChI=1S/C25H20N2O5/c1-2-31-24(29)16-13-11-15(12-14-16)21(26)20-22(28)18-9-6-10-19(23(18)32-25(20)30)27-17-7-4-3-5-8-17/h3-14,27H,2,26H2,1H3/b21-20-. The highest BCUT2D eigenvalue weighted by Crippen LogP contribution is 2.37. The third-order valence-corrected chi connectivity index (χ3v) is 4.91. The van der Waals surface area contributed by atoms with E-state index >= 15 is 0 Å². The summed E-state index contributed by atoms with van der Waals surface area (Å²) in [5.74, 6) is -1.68. The SMILES string of the molecule is CCOC(=O)c1ccc(/C(N)=C2/C(=O)Oc3c(Nc4ccccc4)cccc3C2=O)cc1. The molecule has 0 bridgehead atoms. The first-order valence-electron chi connectivity index (χ1n) is 9.99. The van der Waals surface area contributed by atoms with Crippen LogP contribution in [0.1, 0.15) is 33.2 Å². The highest BCUT2D eigenvalue weighted by atomic mass is 16.5. The molecule has 3 aromatic rings. The third kappa shape index (κ3) is 3.96. The Bertz CT molecular complexity index is 1230. The summed E-state index contributed by atoms with van der Waals surface area (Å²) in [4.78, 5) is 37.8. The normalized spacial score (nSPS) is 14.3. The lowest BCUT2D eigenvalue weighted by Gasteiger charge is -2.21. The Morgan fingerprint density at radius 3 is 2.31 bits per heavy atom. The van der Waals surface area contributed by atoms with E-state index in [2.05, 4.69) is 5.32 Å². The minimum Gasteiger partial charge on any atom is -0.462 e. The second-order valence-corrected chi connectivity index (χ2v) is 6.98. The van der Waals surface area contributed by atoms with Crippen LogP contribution in [0.15, 0.2) is 78.4 Å². The molecule has 1 aliphatic rings. The minimum absolute atomic E-state index is 0.0255. The molecule has 0 fully saturated rings. The number of carbonyl (C=O) groups is 3. The van der Waals surface area contributed by atoms with Gasteiger partial charge in [0.05, 0.1) is 29.1 Å². The van der Waals surface area contributed by atoms with Crippen molar-refractivity contribution in [2.24, 2.45) is 5.73 Å². The molecule has 7 heteroatoms. The molecule has 32 heavy (non-hydrogen) atoms. The van der Waals surface area contributed by atoms with Crippen LogP contribution >= 0.6 is 0 Å². The molecule has 160 valence electrons. The van der Waals surface area contributed by atoms with Crippen molar-refractivity contribution < 1.29 is 23.9 Å². The van der Waals surface area contributed by atoms with Crippen LogP contribution in [0.5, 0.6) is 5.75 Å². The lowest BCUT2D eigenvalue weighted by molar-refractivity contribution is -0.130. The van der Waals surface area contributed by atoms with Gasteiger partial charge >= 0.3 is 11.9 Å². The number of carbonyl (C=O) groups excluding carboxylic acids is 3. The molecule has 0 spiro atoms. The molecule has 1 heterocycles. The Morgan fingerprint density at radius 2 is 1.62 bits per heavy atom. The fourth-order valence-corrected chi connectivity index (χ4v) is 3.35. The molecule has 3 aromatic carbocycles. The van der Waals surface area contributed by atoms with Crippen LogP contribution < -0.4 is 15.8 Å². The zero-order valence-electron chi connectivity index (χ0n) is 17.3. The predicted octanol–water partition coefficient (Wildman–Crippen LogP) is 4.08. The maximum absolute atomic E-state index is 13.2. The average molecular weight is 428 g/mol. The number of fused-ring (bicyclic) bond motifs is 1. The largest absolute Gasteiger partial charge is 0.462 e. The number of nitrogens with one attached hydrogen (secondary N) is 1. The summed E-state index contributed by atoms with van der Waals surface area (Å²) >= 11 is 0. The molecular formula is C25H20N2O5. The van der Waals surface area contributed by atoms with Crippen LogP contribution in [0.4, 0.5) is 11.4 Å². The number of benzene rings is 3. The molecule has 1 aliphatic heterocycles. The van der Waals surface area contributed by atoms with Crippen LogP contribution in [-0.2, 0) is 9.53 Å². The molecular weight excluding hydrogens is 408 g/mol. The van der Waals surface area contributed by atoms with Crippen LogP contribution in [0.25, 0.3) is 5.70 Å². The Morgan fingerprint density at radius 1 is 0.938 bits per heavy atom. The van der Waals surface area contributed by atoms with Gasteiger partial charge in [-0.2, -0.15) is 0 Å². The van der Waals surface area contributed by atoms with Gasteiger partial charge in [-0.25, -0.2) is 9.59 Å². The molecule has 3 N–H and O–H groups in total. The van der Waals surface area contributed by atoms with Gasteiger partial charge in [0.25, 0.3) is 0 Å². The number of ketones is 1. The number of rotatable bonds is 5. The second-order valence-electron chi connectivity index (χ2n) is 6.98. The molecule has 7 nitrogen and oxygen atoms in total. The van der Waals surface area contributed by atoms with E-state index in [4.69, 9.17) is 15.2 Å². The fourth-order valence-electron chi connectivity index (χ4n) is 3.35. The van der Waals surface area contributed by atoms with Gasteiger partial charge in [-0.3, -0.25) is 4.79 Å². The van der Waals surface area contributed by atoms with Crippen molar-refractivity contribution in [2.75, 3.05) is 11.9 Å². The predicted molar refractivity (Wildman–Crippen MR) is 120 cm³/mol. The highest BCUT2D eigenvalue weighted by Gasteiger charge is 2.35. The number of anilines is 2.